The molecule has 1 aromatic carbocycles. The van der Waals surface area contributed by atoms with Crippen molar-refractivity contribution in [3.05, 3.63) is 71.1 Å². The van der Waals surface area contributed by atoms with Gasteiger partial charge in [-0.15, -0.1) is 6.42 Å². The van der Waals surface area contributed by atoms with Crippen LogP contribution in [0.2, 0.25) is 0 Å². The highest BCUT2D eigenvalue weighted by molar-refractivity contribution is 5.97. The molecule has 4 aromatic rings. The van der Waals surface area contributed by atoms with Gasteiger partial charge < -0.3 is 0 Å². The second kappa shape index (κ2) is 9.14. The number of ketones is 1. The molecule has 4 rings (SSSR count). The highest BCUT2D eigenvalue weighted by Gasteiger charge is 2.38. The summed E-state index contributed by atoms with van der Waals surface area (Å²) in [5, 5.41) is 3.64. The Morgan fingerprint density at radius 3 is 2.68 bits per heavy atom. The Kier molecular flexibility index (Phi) is 6.24. The van der Waals surface area contributed by atoms with Crippen molar-refractivity contribution in [2.75, 3.05) is 0 Å². The maximum Gasteiger partial charge on any atom is 0.435 e. The van der Waals surface area contributed by atoms with E-state index in [4.69, 9.17) is 6.42 Å². The molecule has 0 saturated carbocycles. The minimum Gasteiger partial charge on any atom is -0.296 e. The number of carbonyl (C=O) groups is 1. The number of hydrogen-bond acceptors (Lipinski definition) is 4. The van der Waals surface area contributed by atoms with Crippen LogP contribution in [0.4, 0.5) is 13.2 Å². The van der Waals surface area contributed by atoms with Gasteiger partial charge in [0, 0.05) is 37.0 Å². The van der Waals surface area contributed by atoms with E-state index in [-0.39, 0.29) is 23.6 Å². The lowest BCUT2D eigenvalue weighted by atomic mass is 9.96. The predicted molar refractivity (Wildman–Crippen MR) is 121 cm³/mol. The third kappa shape index (κ3) is 4.31. The Bertz CT molecular complexity index is 1410. The second-order valence-electron chi connectivity index (χ2n) is 7.80. The van der Waals surface area contributed by atoms with Crippen molar-refractivity contribution in [2.45, 2.75) is 45.8 Å². The summed E-state index contributed by atoms with van der Waals surface area (Å²) in [5.41, 5.74) is 2.77. The average Bonchev–Trinajstić information content (AvgIpc) is 3.43. The molecule has 0 amide bonds. The Morgan fingerprint density at radius 1 is 1.21 bits per heavy atom. The summed E-state index contributed by atoms with van der Waals surface area (Å²) in [7, 11) is 0. The molecule has 34 heavy (non-hydrogen) atoms. The largest absolute Gasteiger partial charge is 0.435 e. The van der Waals surface area contributed by atoms with E-state index in [2.05, 4.69) is 21.0 Å². The molecule has 0 unspecified atom stereocenters. The molecule has 3 heterocycles. The zero-order valence-corrected chi connectivity index (χ0v) is 18.7. The number of benzene rings is 1. The zero-order chi connectivity index (χ0) is 24.5. The molecule has 0 aliphatic carbocycles. The molecule has 6 nitrogen and oxygen atoms in total. The smallest absolute Gasteiger partial charge is 0.296 e. The Labute approximate surface area is 194 Å². The van der Waals surface area contributed by atoms with Gasteiger partial charge in [0.15, 0.2) is 17.1 Å². The van der Waals surface area contributed by atoms with E-state index in [0.717, 1.165) is 15.8 Å². The van der Waals surface area contributed by atoms with Crippen LogP contribution in [0.1, 0.15) is 53.1 Å². The minimum absolute atomic E-state index is 0.0804. The van der Waals surface area contributed by atoms with Gasteiger partial charge in [0.05, 0.1) is 23.1 Å². The van der Waals surface area contributed by atoms with Gasteiger partial charge in [-0.05, 0) is 17.5 Å². The predicted octanol–water partition coefficient (Wildman–Crippen LogP) is 4.99. The van der Waals surface area contributed by atoms with E-state index in [1.807, 2.05) is 32.0 Å². The van der Waals surface area contributed by atoms with Gasteiger partial charge in [-0.3, -0.25) is 18.9 Å². The number of aryl methyl sites for hydroxylation is 1. The molecule has 9 heteroatoms. The second-order valence-corrected chi connectivity index (χ2v) is 7.80. The lowest BCUT2D eigenvalue weighted by molar-refractivity contribution is -0.141. The molecule has 174 valence electrons. The number of Topliss-reactive ketones (excluding diaryl/α,β-unsaturated/α-hetero) is 1. The number of halogens is 3. The Morgan fingerprint density at radius 2 is 2.00 bits per heavy atom. The molecule has 3 aromatic heterocycles. The first-order valence-electron chi connectivity index (χ1n) is 10.8. The molecule has 0 saturated heterocycles. The normalized spacial score (nSPS) is 11.6. The Hall–Kier alpha value is -3.93. The number of aromatic nitrogens is 5. The van der Waals surface area contributed by atoms with Gasteiger partial charge in [0.25, 0.3) is 0 Å². The van der Waals surface area contributed by atoms with Crippen molar-refractivity contribution in [3.63, 3.8) is 0 Å². The summed E-state index contributed by atoms with van der Waals surface area (Å²) >= 11 is 0. The molecule has 0 aliphatic rings. The van der Waals surface area contributed by atoms with Gasteiger partial charge in [-0.1, -0.05) is 38.0 Å². The summed E-state index contributed by atoms with van der Waals surface area (Å²) in [4.78, 5) is 21.0. The average molecular weight is 465 g/mol. The third-order valence-corrected chi connectivity index (χ3v) is 5.60. The van der Waals surface area contributed by atoms with E-state index >= 15 is 0 Å². The lowest BCUT2D eigenvalue weighted by Gasteiger charge is -2.10. The van der Waals surface area contributed by atoms with Crippen LogP contribution in [-0.4, -0.2) is 29.9 Å². The summed E-state index contributed by atoms with van der Waals surface area (Å²) in [5.74, 6) is 2.39. The van der Waals surface area contributed by atoms with E-state index in [0.29, 0.717) is 36.2 Å². The van der Waals surface area contributed by atoms with Crippen molar-refractivity contribution >= 4 is 11.4 Å². The van der Waals surface area contributed by atoms with Crippen LogP contribution in [0.5, 0.6) is 0 Å². The summed E-state index contributed by atoms with van der Waals surface area (Å²) in [6.45, 7) is 3.74. The molecule has 0 bridgehead atoms. The molecular formula is C25H22F3N5O. The van der Waals surface area contributed by atoms with Crippen molar-refractivity contribution in [3.8, 4) is 23.6 Å². The SMILES string of the molecule is C#CCn1cc(-c2cnc3c(Cc4ccc(C(=O)CC)c(CC)c4)nccn23)c(C(F)(F)F)n1. The van der Waals surface area contributed by atoms with Gasteiger partial charge in [0.2, 0.25) is 0 Å². The fourth-order valence-electron chi connectivity index (χ4n) is 4.00. The number of hydrogen-bond donors (Lipinski definition) is 0. The van der Waals surface area contributed by atoms with Gasteiger partial charge in [-0.2, -0.15) is 18.3 Å². The standard InChI is InChI=1S/C25H22F3N5O/c1-4-10-32-15-19(23(31-32)25(26,27)28)21-14-30-24-20(29-9-11-33(21)24)13-16-7-8-18(22(34)6-3)17(5-2)12-16/h1,7-9,11-12,14-15H,5-6,10,13H2,2-3H3. The van der Waals surface area contributed by atoms with E-state index in [9.17, 15) is 18.0 Å². The first kappa shape index (κ1) is 23.2. The monoisotopic (exact) mass is 465 g/mol. The van der Waals surface area contributed by atoms with Crippen LogP contribution in [0.3, 0.4) is 0 Å². The molecule has 0 spiro atoms. The van der Waals surface area contributed by atoms with Gasteiger partial charge in [-0.25, -0.2) is 4.98 Å². The first-order valence-corrected chi connectivity index (χ1v) is 10.8. The van der Waals surface area contributed by atoms with Crippen LogP contribution in [0, 0.1) is 12.3 Å². The minimum atomic E-state index is -4.65. The van der Waals surface area contributed by atoms with E-state index < -0.39 is 11.9 Å². The molecule has 0 atom stereocenters. The lowest BCUT2D eigenvalue weighted by Crippen LogP contribution is -2.09. The summed E-state index contributed by atoms with van der Waals surface area (Å²) < 4.78 is 43.6. The first-order chi connectivity index (χ1) is 16.3. The van der Waals surface area contributed by atoms with Gasteiger partial charge in [0.1, 0.15) is 6.54 Å². The topological polar surface area (TPSA) is 65.1 Å². The molecule has 0 N–H and O–H groups in total. The number of carbonyl (C=O) groups excluding carboxylic acids is 1. The molecule has 0 fully saturated rings. The van der Waals surface area contributed by atoms with Crippen molar-refractivity contribution in [2.24, 2.45) is 0 Å². The molecule has 0 radical (unpaired) electrons. The summed E-state index contributed by atoms with van der Waals surface area (Å²) in [6, 6.07) is 5.68. The van der Waals surface area contributed by atoms with Crippen molar-refractivity contribution in [1.29, 1.82) is 0 Å². The quantitative estimate of drug-likeness (QED) is 0.285. The fourth-order valence-corrected chi connectivity index (χ4v) is 4.00. The highest BCUT2D eigenvalue weighted by Crippen LogP contribution is 2.36. The maximum absolute atomic E-state index is 13.7. The molecule has 0 aliphatic heterocycles. The van der Waals surface area contributed by atoms with E-state index in [1.54, 1.807) is 10.6 Å². The zero-order valence-electron chi connectivity index (χ0n) is 18.7. The number of nitrogens with zero attached hydrogens (tertiary/aromatic N) is 5. The third-order valence-electron chi connectivity index (χ3n) is 5.60. The molecular weight excluding hydrogens is 443 g/mol. The maximum atomic E-state index is 13.7. The summed E-state index contributed by atoms with van der Waals surface area (Å²) in [6.07, 6.45) is 7.92. The number of alkyl halides is 3. The van der Waals surface area contributed by atoms with Crippen LogP contribution in [0.15, 0.2) is 43.0 Å². The number of terminal acetylenes is 1. The number of rotatable bonds is 7. The van der Waals surface area contributed by atoms with Crippen molar-refractivity contribution in [1.82, 2.24) is 24.1 Å². The number of fused-ring (bicyclic) bond motifs is 1. The fraction of sp³-hybridized carbons (Fsp3) is 0.280. The van der Waals surface area contributed by atoms with Crippen LogP contribution in [-0.2, 0) is 25.6 Å². The van der Waals surface area contributed by atoms with Crippen molar-refractivity contribution < 1.29 is 18.0 Å². The van der Waals surface area contributed by atoms with E-state index in [1.165, 1.54) is 18.6 Å². The van der Waals surface area contributed by atoms with Crippen LogP contribution in [0.25, 0.3) is 16.9 Å². The van der Waals surface area contributed by atoms with Crippen LogP contribution < -0.4 is 0 Å². The van der Waals surface area contributed by atoms with Gasteiger partial charge >= 0.3 is 6.18 Å². The number of imidazole rings is 1. The highest BCUT2D eigenvalue weighted by atomic mass is 19.4. The Balaban J connectivity index is 1.76. The van der Waals surface area contributed by atoms with Crippen LogP contribution >= 0.6 is 0 Å².